The van der Waals surface area contributed by atoms with Crippen molar-refractivity contribution in [2.45, 2.75) is 39.2 Å². The quantitative estimate of drug-likeness (QED) is 0.792. The number of likely N-dealkylation sites (tertiary alicyclic amines) is 1. The van der Waals surface area contributed by atoms with E-state index in [2.05, 4.69) is 4.98 Å². The highest BCUT2D eigenvalue weighted by atomic mass is 16.4. The number of carboxylic acids is 1. The van der Waals surface area contributed by atoms with Crippen molar-refractivity contribution in [3.63, 3.8) is 0 Å². The molecule has 2 aromatic rings. The van der Waals surface area contributed by atoms with E-state index in [1.54, 1.807) is 6.07 Å². The molecule has 6 nitrogen and oxygen atoms in total. The largest absolute Gasteiger partial charge is 0.480 e. The summed E-state index contributed by atoms with van der Waals surface area (Å²) >= 11 is 0. The third kappa shape index (κ3) is 3.99. The number of benzene rings is 1. The molecule has 0 unspecified atom stereocenters. The Bertz CT molecular complexity index is 877. The Hall–Kier alpha value is -2.76. The van der Waals surface area contributed by atoms with Crippen molar-refractivity contribution in [3.05, 3.63) is 42.1 Å². The van der Waals surface area contributed by atoms with Gasteiger partial charge in [0.05, 0.1) is 5.52 Å². The second-order valence-corrected chi connectivity index (χ2v) is 7.39. The van der Waals surface area contributed by atoms with Crippen LogP contribution in [0.3, 0.4) is 0 Å². The molecule has 1 aromatic carbocycles. The normalized spacial score (nSPS) is 18.0. The molecule has 142 valence electrons. The zero-order valence-corrected chi connectivity index (χ0v) is 15.6. The molecule has 3 rings (SSSR count). The number of hydrogen-bond acceptors (Lipinski definition) is 4. The number of carbonyl (C=O) groups is 3. The summed E-state index contributed by atoms with van der Waals surface area (Å²) in [6, 6.07) is 10.3. The number of fused-ring (bicyclic) bond motifs is 1. The smallest absolute Gasteiger partial charge is 0.326 e. The van der Waals surface area contributed by atoms with Gasteiger partial charge in [-0.15, -0.1) is 0 Å². The maximum absolute atomic E-state index is 13.0. The van der Waals surface area contributed by atoms with Crippen molar-refractivity contribution < 1.29 is 19.5 Å². The Kier molecular flexibility index (Phi) is 5.54. The average Bonchev–Trinajstić information content (AvgIpc) is 3.15. The van der Waals surface area contributed by atoms with Gasteiger partial charge in [-0.05, 0) is 30.9 Å². The summed E-state index contributed by atoms with van der Waals surface area (Å²) in [5.41, 5.74) is 1.07. The van der Waals surface area contributed by atoms with E-state index in [4.69, 9.17) is 0 Å². The van der Waals surface area contributed by atoms with Crippen molar-refractivity contribution in [2.24, 2.45) is 11.8 Å². The fraction of sp³-hybridized carbons (Fsp3) is 0.429. The lowest BCUT2D eigenvalue weighted by Crippen LogP contribution is -2.45. The van der Waals surface area contributed by atoms with Gasteiger partial charge < -0.3 is 10.0 Å². The second-order valence-electron chi connectivity index (χ2n) is 7.39. The fourth-order valence-electron chi connectivity index (χ4n) is 3.63. The zero-order chi connectivity index (χ0) is 19.6. The molecule has 0 aliphatic carbocycles. The van der Waals surface area contributed by atoms with Gasteiger partial charge in [0.15, 0.2) is 5.78 Å². The molecule has 6 heteroatoms. The molecule has 1 aliphatic rings. The third-order valence-electron chi connectivity index (χ3n) is 5.23. The molecule has 1 fully saturated rings. The van der Waals surface area contributed by atoms with Gasteiger partial charge in [-0.1, -0.05) is 38.1 Å². The van der Waals surface area contributed by atoms with Gasteiger partial charge in [-0.2, -0.15) is 0 Å². The predicted molar refractivity (Wildman–Crippen MR) is 101 cm³/mol. The number of carboxylic acid groups (broad SMARTS) is 1. The highest BCUT2D eigenvalue weighted by Crippen LogP contribution is 2.26. The monoisotopic (exact) mass is 368 g/mol. The van der Waals surface area contributed by atoms with Crippen LogP contribution in [0.1, 0.15) is 43.6 Å². The SMILES string of the molecule is CC(C)[C@H](CC(=O)c1ccc2ccccc2n1)C(=O)N1CCC[C@H]1C(=O)O. The zero-order valence-electron chi connectivity index (χ0n) is 15.6. The first-order valence-corrected chi connectivity index (χ1v) is 9.30. The molecule has 1 aliphatic heterocycles. The summed E-state index contributed by atoms with van der Waals surface area (Å²) in [7, 11) is 0. The van der Waals surface area contributed by atoms with Crippen LogP contribution in [-0.2, 0) is 9.59 Å². The van der Waals surface area contributed by atoms with Crippen molar-refractivity contribution in [3.8, 4) is 0 Å². The van der Waals surface area contributed by atoms with Gasteiger partial charge in [0.25, 0.3) is 0 Å². The van der Waals surface area contributed by atoms with Crippen molar-refractivity contribution in [1.29, 1.82) is 0 Å². The summed E-state index contributed by atoms with van der Waals surface area (Å²) in [5.74, 6) is -2.04. The van der Waals surface area contributed by atoms with Crippen LogP contribution in [0.2, 0.25) is 0 Å². The maximum atomic E-state index is 13.0. The number of aromatic nitrogens is 1. The Morgan fingerprint density at radius 1 is 1.19 bits per heavy atom. The van der Waals surface area contributed by atoms with E-state index < -0.39 is 17.9 Å². The van der Waals surface area contributed by atoms with Gasteiger partial charge in [0.1, 0.15) is 11.7 Å². The van der Waals surface area contributed by atoms with E-state index in [1.807, 2.05) is 44.2 Å². The van der Waals surface area contributed by atoms with Crippen LogP contribution in [0.5, 0.6) is 0 Å². The van der Waals surface area contributed by atoms with Crippen LogP contribution in [-0.4, -0.2) is 45.2 Å². The van der Waals surface area contributed by atoms with Crippen molar-refractivity contribution >= 4 is 28.6 Å². The number of carbonyl (C=O) groups excluding carboxylic acids is 2. The van der Waals surface area contributed by atoms with Gasteiger partial charge in [0, 0.05) is 24.3 Å². The molecule has 1 saturated heterocycles. The highest BCUT2D eigenvalue weighted by Gasteiger charge is 2.38. The summed E-state index contributed by atoms with van der Waals surface area (Å²) in [6.07, 6.45) is 1.17. The van der Waals surface area contributed by atoms with E-state index in [0.29, 0.717) is 25.1 Å². The molecule has 1 N–H and O–H groups in total. The minimum absolute atomic E-state index is 0.0324. The number of rotatable bonds is 6. The fourth-order valence-corrected chi connectivity index (χ4v) is 3.63. The Balaban J connectivity index is 1.79. The molecule has 1 aromatic heterocycles. The van der Waals surface area contributed by atoms with Crippen molar-refractivity contribution in [1.82, 2.24) is 9.88 Å². The highest BCUT2D eigenvalue weighted by molar-refractivity contribution is 5.99. The maximum Gasteiger partial charge on any atom is 0.326 e. The Labute approximate surface area is 158 Å². The molecule has 1 amide bonds. The molecule has 0 spiro atoms. The lowest BCUT2D eigenvalue weighted by atomic mass is 9.88. The van der Waals surface area contributed by atoms with E-state index in [0.717, 1.165) is 10.9 Å². The molecule has 2 heterocycles. The third-order valence-corrected chi connectivity index (χ3v) is 5.23. The van der Waals surface area contributed by atoms with Crippen molar-refractivity contribution in [2.75, 3.05) is 6.54 Å². The topological polar surface area (TPSA) is 87.6 Å². The molecule has 0 saturated carbocycles. The summed E-state index contributed by atoms with van der Waals surface area (Å²) < 4.78 is 0. The minimum Gasteiger partial charge on any atom is -0.480 e. The van der Waals surface area contributed by atoms with E-state index in [9.17, 15) is 19.5 Å². The average molecular weight is 368 g/mol. The molecule has 0 bridgehead atoms. The molecule has 0 radical (unpaired) electrons. The molecule has 2 atom stereocenters. The Morgan fingerprint density at radius 2 is 1.93 bits per heavy atom. The van der Waals surface area contributed by atoms with Crippen LogP contribution in [0.4, 0.5) is 0 Å². The first-order chi connectivity index (χ1) is 12.9. The number of ketones is 1. The predicted octanol–water partition coefficient (Wildman–Crippen LogP) is 3.16. The number of hydrogen-bond donors (Lipinski definition) is 1. The Morgan fingerprint density at radius 3 is 2.63 bits per heavy atom. The number of nitrogens with zero attached hydrogens (tertiary/aromatic N) is 2. The second kappa shape index (κ2) is 7.86. The van der Waals surface area contributed by atoms with E-state index >= 15 is 0 Å². The molecule has 27 heavy (non-hydrogen) atoms. The lowest BCUT2D eigenvalue weighted by molar-refractivity contribution is -0.150. The number of para-hydroxylation sites is 1. The summed E-state index contributed by atoms with van der Waals surface area (Å²) in [4.78, 5) is 43.0. The number of aliphatic carboxylic acids is 1. The summed E-state index contributed by atoms with van der Waals surface area (Å²) in [6.45, 7) is 4.20. The van der Waals surface area contributed by atoms with Crippen LogP contribution >= 0.6 is 0 Å². The van der Waals surface area contributed by atoms with Gasteiger partial charge >= 0.3 is 5.97 Å². The number of amides is 1. The summed E-state index contributed by atoms with van der Waals surface area (Å²) in [5, 5.41) is 10.3. The van der Waals surface area contributed by atoms with Gasteiger partial charge in [0.2, 0.25) is 5.91 Å². The van der Waals surface area contributed by atoms with E-state index in [1.165, 1.54) is 4.90 Å². The standard InChI is InChI=1S/C21H24N2O4/c1-13(2)15(20(25)23-11-5-8-18(23)21(26)27)12-19(24)17-10-9-14-6-3-4-7-16(14)22-17/h3-4,6-7,9-10,13,15,18H,5,8,11-12H2,1-2H3,(H,26,27)/t15-,18-/m0/s1. The molecular formula is C21H24N2O4. The van der Waals surface area contributed by atoms with Crippen LogP contribution in [0.25, 0.3) is 10.9 Å². The van der Waals surface area contributed by atoms with Gasteiger partial charge in [-0.3, -0.25) is 9.59 Å². The molecular weight excluding hydrogens is 344 g/mol. The number of Topliss-reactive ketones (excluding diaryl/α,β-unsaturated/α-hetero) is 1. The first-order valence-electron chi connectivity index (χ1n) is 9.30. The van der Waals surface area contributed by atoms with Crippen LogP contribution in [0, 0.1) is 11.8 Å². The number of pyridine rings is 1. The lowest BCUT2D eigenvalue weighted by Gasteiger charge is -2.28. The van der Waals surface area contributed by atoms with Crippen LogP contribution < -0.4 is 0 Å². The van der Waals surface area contributed by atoms with E-state index in [-0.39, 0.29) is 24.0 Å². The first kappa shape index (κ1) is 19.0. The van der Waals surface area contributed by atoms with Crippen LogP contribution in [0.15, 0.2) is 36.4 Å². The minimum atomic E-state index is -0.981. The van der Waals surface area contributed by atoms with Gasteiger partial charge in [-0.25, -0.2) is 9.78 Å².